The lowest BCUT2D eigenvalue weighted by atomic mass is 9.99. The van der Waals surface area contributed by atoms with Crippen LogP contribution in [0.3, 0.4) is 0 Å². The summed E-state index contributed by atoms with van der Waals surface area (Å²) in [6.07, 6.45) is 0.573. The fourth-order valence-corrected chi connectivity index (χ4v) is 1.99. The van der Waals surface area contributed by atoms with E-state index in [4.69, 9.17) is 15.6 Å². The van der Waals surface area contributed by atoms with Gasteiger partial charge in [0.05, 0.1) is 7.11 Å². The molecule has 0 heterocycles. The Balaban J connectivity index is 2.46. The molecule has 2 rings (SSSR count). The predicted molar refractivity (Wildman–Crippen MR) is 73.6 cm³/mol. The van der Waals surface area contributed by atoms with Crippen molar-refractivity contribution in [3.8, 4) is 16.9 Å². The van der Waals surface area contributed by atoms with Gasteiger partial charge in [-0.25, -0.2) is 0 Å². The second-order valence-electron chi connectivity index (χ2n) is 4.08. The van der Waals surface area contributed by atoms with Crippen LogP contribution in [0.5, 0.6) is 5.75 Å². The molecule has 0 aliphatic heterocycles. The summed E-state index contributed by atoms with van der Waals surface area (Å²) < 4.78 is 5.21. The number of methoxy groups -OCH3 is 1. The summed E-state index contributed by atoms with van der Waals surface area (Å²) in [5.74, 6) is 0.805. The molecule has 3 N–H and O–H groups in total. The molecule has 3 nitrogen and oxygen atoms in total. The van der Waals surface area contributed by atoms with Crippen LogP contribution in [-0.2, 0) is 6.42 Å². The van der Waals surface area contributed by atoms with Gasteiger partial charge in [-0.3, -0.25) is 0 Å². The molecule has 0 aromatic heterocycles. The molecule has 0 unspecified atom stereocenters. The average molecular weight is 243 g/mol. The molecule has 0 radical (unpaired) electrons. The normalized spacial score (nSPS) is 10.3. The van der Waals surface area contributed by atoms with Gasteiger partial charge in [-0.2, -0.15) is 0 Å². The van der Waals surface area contributed by atoms with Gasteiger partial charge in [0.2, 0.25) is 0 Å². The van der Waals surface area contributed by atoms with Crippen molar-refractivity contribution in [3.05, 3.63) is 48.0 Å². The molecule has 0 aliphatic rings. The summed E-state index contributed by atoms with van der Waals surface area (Å²) in [5, 5.41) is 9.01. The lowest BCUT2D eigenvalue weighted by Crippen LogP contribution is -1.99. The minimum atomic E-state index is 0.103. The minimum absolute atomic E-state index is 0.103. The van der Waals surface area contributed by atoms with E-state index in [2.05, 4.69) is 0 Å². The van der Waals surface area contributed by atoms with E-state index in [0.717, 1.165) is 28.1 Å². The molecule has 0 aliphatic carbocycles. The highest BCUT2D eigenvalue weighted by atomic mass is 16.5. The number of nitrogens with two attached hydrogens (primary N) is 1. The third-order valence-corrected chi connectivity index (χ3v) is 2.96. The van der Waals surface area contributed by atoms with Crippen LogP contribution in [-0.4, -0.2) is 18.8 Å². The van der Waals surface area contributed by atoms with E-state index in [9.17, 15) is 0 Å². The van der Waals surface area contributed by atoms with Crippen LogP contribution >= 0.6 is 0 Å². The second-order valence-corrected chi connectivity index (χ2v) is 4.08. The molecule has 2 aromatic carbocycles. The van der Waals surface area contributed by atoms with Gasteiger partial charge >= 0.3 is 0 Å². The number of benzene rings is 2. The highest BCUT2D eigenvalue weighted by Crippen LogP contribution is 2.30. The fraction of sp³-hybridized carbons (Fsp3) is 0.200. The van der Waals surface area contributed by atoms with Crippen molar-refractivity contribution < 1.29 is 9.84 Å². The van der Waals surface area contributed by atoms with E-state index in [1.54, 1.807) is 7.11 Å². The maximum absolute atomic E-state index is 9.01. The Bertz CT molecular complexity index is 538. The van der Waals surface area contributed by atoms with E-state index in [1.807, 2.05) is 42.5 Å². The van der Waals surface area contributed by atoms with Gasteiger partial charge in [0.15, 0.2) is 0 Å². The molecule has 2 aromatic rings. The molecule has 0 saturated carbocycles. The van der Waals surface area contributed by atoms with Crippen LogP contribution in [0.4, 0.5) is 5.69 Å². The lowest BCUT2D eigenvalue weighted by molar-refractivity contribution is 0.300. The average Bonchev–Trinajstić information content (AvgIpc) is 2.41. The van der Waals surface area contributed by atoms with E-state index < -0.39 is 0 Å². The van der Waals surface area contributed by atoms with E-state index >= 15 is 0 Å². The van der Waals surface area contributed by atoms with Crippen LogP contribution in [0.25, 0.3) is 11.1 Å². The first-order valence-electron chi connectivity index (χ1n) is 5.89. The number of aliphatic hydroxyl groups excluding tert-OH is 1. The molecule has 0 bridgehead atoms. The molecule has 0 fully saturated rings. The van der Waals surface area contributed by atoms with E-state index in [0.29, 0.717) is 6.42 Å². The zero-order valence-electron chi connectivity index (χ0n) is 10.4. The Morgan fingerprint density at radius 3 is 2.67 bits per heavy atom. The number of aliphatic hydroxyl groups is 1. The number of rotatable bonds is 4. The zero-order chi connectivity index (χ0) is 13.0. The first kappa shape index (κ1) is 12.5. The van der Waals surface area contributed by atoms with Crippen molar-refractivity contribution in [2.24, 2.45) is 0 Å². The van der Waals surface area contributed by atoms with Gasteiger partial charge in [0.25, 0.3) is 0 Å². The number of hydrogen-bond donors (Lipinski definition) is 2. The van der Waals surface area contributed by atoms with Crippen LogP contribution in [0.15, 0.2) is 42.5 Å². The van der Waals surface area contributed by atoms with Gasteiger partial charge in [0, 0.05) is 17.9 Å². The summed E-state index contributed by atoms with van der Waals surface area (Å²) in [6, 6.07) is 13.7. The van der Waals surface area contributed by atoms with Crippen LogP contribution in [0, 0.1) is 0 Å². The molecule has 3 heteroatoms. The SMILES string of the molecule is COc1cccc(-c2cccc(CCO)c2N)c1. The molecule has 0 atom stereocenters. The van der Waals surface area contributed by atoms with Gasteiger partial charge in [0.1, 0.15) is 5.75 Å². The minimum Gasteiger partial charge on any atom is -0.497 e. The largest absolute Gasteiger partial charge is 0.497 e. The van der Waals surface area contributed by atoms with Crippen molar-refractivity contribution in [2.45, 2.75) is 6.42 Å². The van der Waals surface area contributed by atoms with Crippen molar-refractivity contribution in [2.75, 3.05) is 19.5 Å². The molecule has 0 saturated heterocycles. The monoisotopic (exact) mass is 243 g/mol. The molecule has 94 valence electrons. The Morgan fingerprint density at radius 2 is 1.94 bits per heavy atom. The quantitative estimate of drug-likeness (QED) is 0.811. The fourth-order valence-electron chi connectivity index (χ4n) is 1.99. The molecule has 18 heavy (non-hydrogen) atoms. The summed E-state index contributed by atoms with van der Waals surface area (Å²) in [4.78, 5) is 0. The Hall–Kier alpha value is -2.00. The van der Waals surface area contributed by atoms with Gasteiger partial charge in [-0.15, -0.1) is 0 Å². The van der Waals surface area contributed by atoms with Crippen molar-refractivity contribution in [1.82, 2.24) is 0 Å². The van der Waals surface area contributed by atoms with Crippen LogP contribution in [0.2, 0.25) is 0 Å². The molecular weight excluding hydrogens is 226 g/mol. The zero-order valence-corrected chi connectivity index (χ0v) is 10.4. The topological polar surface area (TPSA) is 55.5 Å². The van der Waals surface area contributed by atoms with Crippen molar-refractivity contribution in [1.29, 1.82) is 0 Å². The third-order valence-electron chi connectivity index (χ3n) is 2.96. The van der Waals surface area contributed by atoms with Crippen LogP contribution < -0.4 is 10.5 Å². The Kier molecular flexibility index (Phi) is 3.85. The predicted octanol–water partition coefficient (Wildman–Crippen LogP) is 2.48. The van der Waals surface area contributed by atoms with Gasteiger partial charge in [-0.05, 0) is 29.7 Å². The van der Waals surface area contributed by atoms with Crippen LogP contribution in [0.1, 0.15) is 5.56 Å². The number of hydrogen-bond acceptors (Lipinski definition) is 3. The van der Waals surface area contributed by atoms with Gasteiger partial charge < -0.3 is 15.6 Å². The third kappa shape index (κ3) is 2.46. The van der Waals surface area contributed by atoms with Crippen molar-refractivity contribution in [3.63, 3.8) is 0 Å². The smallest absolute Gasteiger partial charge is 0.119 e. The number of para-hydroxylation sites is 1. The summed E-state index contributed by atoms with van der Waals surface area (Å²) in [7, 11) is 1.64. The molecule has 0 spiro atoms. The first-order valence-corrected chi connectivity index (χ1v) is 5.89. The standard InChI is InChI=1S/C15H17NO2/c1-18-13-6-2-5-12(10-13)14-7-3-4-11(8-9-17)15(14)16/h2-7,10,17H,8-9,16H2,1H3. The number of nitrogen functional groups attached to an aromatic ring is 1. The number of anilines is 1. The first-order chi connectivity index (χ1) is 8.76. The lowest BCUT2D eigenvalue weighted by Gasteiger charge is -2.11. The summed E-state index contributed by atoms with van der Waals surface area (Å²) in [6.45, 7) is 0.103. The second kappa shape index (κ2) is 5.56. The van der Waals surface area contributed by atoms with E-state index in [1.165, 1.54) is 0 Å². The Labute approximate surface area is 107 Å². The van der Waals surface area contributed by atoms with Gasteiger partial charge in [-0.1, -0.05) is 30.3 Å². The maximum atomic E-state index is 9.01. The summed E-state index contributed by atoms with van der Waals surface area (Å²) in [5.41, 5.74) is 9.83. The molecule has 0 amide bonds. The summed E-state index contributed by atoms with van der Waals surface area (Å²) >= 11 is 0. The highest BCUT2D eigenvalue weighted by molar-refractivity contribution is 5.79. The van der Waals surface area contributed by atoms with Crippen molar-refractivity contribution >= 4 is 5.69 Å². The highest BCUT2D eigenvalue weighted by Gasteiger charge is 2.07. The van der Waals surface area contributed by atoms with E-state index in [-0.39, 0.29) is 6.61 Å². The Morgan fingerprint density at radius 1 is 1.17 bits per heavy atom. The molecular formula is C15H17NO2. The maximum Gasteiger partial charge on any atom is 0.119 e. The number of ether oxygens (including phenoxy) is 1.